The number of hydrogen-bond donors (Lipinski definition) is 3. The van der Waals surface area contributed by atoms with Crippen LogP contribution in [0.25, 0.3) is 0 Å². The average molecular weight is 455 g/mol. The van der Waals surface area contributed by atoms with Gasteiger partial charge in [0.25, 0.3) is 17.7 Å². The van der Waals surface area contributed by atoms with Gasteiger partial charge >= 0.3 is 0 Å². The first-order chi connectivity index (χ1) is 15.8. The minimum Gasteiger partial charge on any atom is -0.501 e. The number of halogens is 1. The van der Waals surface area contributed by atoms with E-state index in [9.17, 15) is 24.2 Å². The Bertz CT molecular complexity index is 1130. The van der Waals surface area contributed by atoms with Gasteiger partial charge in [-0.1, -0.05) is 18.2 Å². The summed E-state index contributed by atoms with van der Waals surface area (Å²) in [6.07, 6.45) is 1.47. The zero-order valence-electron chi connectivity index (χ0n) is 17.9. The summed E-state index contributed by atoms with van der Waals surface area (Å²) in [4.78, 5) is 38.7. The molecule has 3 rings (SSSR count). The molecule has 1 unspecified atom stereocenters. The van der Waals surface area contributed by atoms with E-state index in [4.69, 9.17) is 4.74 Å². The second-order valence-corrected chi connectivity index (χ2v) is 7.01. The van der Waals surface area contributed by atoms with Crippen molar-refractivity contribution in [3.8, 4) is 11.6 Å². The third-order valence-electron chi connectivity index (χ3n) is 4.76. The number of benzene rings is 1. The lowest BCUT2D eigenvalue weighted by molar-refractivity contribution is 0.0579. The molecule has 10 nitrogen and oxygen atoms in total. The number of amides is 2. The van der Waals surface area contributed by atoms with E-state index in [0.717, 1.165) is 0 Å². The lowest BCUT2D eigenvalue weighted by atomic mass is 10.2. The van der Waals surface area contributed by atoms with Crippen molar-refractivity contribution in [2.24, 2.45) is 0 Å². The van der Waals surface area contributed by atoms with Gasteiger partial charge in [0.1, 0.15) is 17.6 Å². The quantitative estimate of drug-likeness (QED) is 0.468. The van der Waals surface area contributed by atoms with Crippen LogP contribution in [-0.4, -0.2) is 62.6 Å². The topological polar surface area (TPSA) is 138 Å². The van der Waals surface area contributed by atoms with Crippen molar-refractivity contribution in [2.75, 3.05) is 20.8 Å². The van der Waals surface area contributed by atoms with E-state index in [-0.39, 0.29) is 24.7 Å². The standard InChI is InChI=1S/C22H22FN5O5/c1-28(22(32)15-5-3-4-10-24-15)16(12-33-2)19-26-17(18(29)21(31)27-19)20(30)25-11-13-6-8-14(23)9-7-13/h3-10,16,29H,11-12H2,1-2H3,(H,25,30)(H,26,27,31). The number of hydrogen-bond acceptors (Lipinski definition) is 8. The van der Waals surface area contributed by atoms with Crippen LogP contribution in [0.5, 0.6) is 11.6 Å². The molecule has 1 aromatic carbocycles. The molecule has 172 valence electrons. The number of aromatic hydroxyl groups is 2. The summed E-state index contributed by atoms with van der Waals surface area (Å²) in [5.74, 6) is -3.44. The average Bonchev–Trinajstić information content (AvgIpc) is 2.83. The third kappa shape index (κ3) is 5.57. The van der Waals surface area contributed by atoms with Crippen molar-refractivity contribution >= 4 is 11.8 Å². The van der Waals surface area contributed by atoms with Gasteiger partial charge in [-0.2, -0.15) is 4.98 Å². The number of likely N-dealkylation sites (N-methyl/N-ethyl adjacent to an activating group) is 1. The Morgan fingerprint density at radius 2 is 1.88 bits per heavy atom. The lowest BCUT2D eigenvalue weighted by Gasteiger charge is -2.26. The molecule has 2 amide bonds. The van der Waals surface area contributed by atoms with Gasteiger partial charge in [-0.15, -0.1) is 0 Å². The third-order valence-corrected chi connectivity index (χ3v) is 4.76. The molecule has 0 fully saturated rings. The Morgan fingerprint density at radius 1 is 1.15 bits per heavy atom. The number of aromatic nitrogens is 3. The molecule has 0 aliphatic carbocycles. The maximum atomic E-state index is 13.1. The van der Waals surface area contributed by atoms with Crippen molar-refractivity contribution in [2.45, 2.75) is 12.6 Å². The van der Waals surface area contributed by atoms with E-state index in [2.05, 4.69) is 20.3 Å². The monoisotopic (exact) mass is 455 g/mol. The number of pyridine rings is 1. The summed E-state index contributed by atoms with van der Waals surface area (Å²) < 4.78 is 18.2. The molecule has 0 bridgehead atoms. The van der Waals surface area contributed by atoms with Gasteiger partial charge in [-0.05, 0) is 29.8 Å². The molecular formula is C22H22FN5O5. The fraction of sp³-hybridized carbons (Fsp3) is 0.227. The van der Waals surface area contributed by atoms with E-state index in [0.29, 0.717) is 5.56 Å². The molecule has 2 heterocycles. The molecule has 0 radical (unpaired) electrons. The number of rotatable bonds is 8. The van der Waals surface area contributed by atoms with Gasteiger partial charge in [0.15, 0.2) is 11.5 Å². The first-order valence-corrected chi connectivity index (χ1v) is 9.81. The maximum Gasteiger partial charge on any atom is 0.274 e. The van der Waals surface area contributed by atoms with Gasteiger partial charge in [-0.3, -0.25) is 14.6 Å². The smallest absolute Gasteiger partial charge is 0.274 e. The predicted molar refractivity (Wildman–Crippen MR) is 114 cm³/mol. The second kappa shape index (κ2) is 10.5. The van der Waals surface area contributed by atoms with Crippen LogP contribution in [0.3, 0.4) is 0 Å². The van der Waals surface area contributed by atoms with Gasteiger partial charge < -0.3 is 25.2 Å². The molecule has 0 aliphatic heterocycles. The second-order valence-electron chi connectivity index (χ2n) is 7.01. The Balaban J connectivity index is 1.87. The van der Waals surface area contributed by atoms with Crippen molar-refractivity contribution in [3.05, 3.63) is 77.3 Å². The van der Waals surface area contributed by atoms with E-state index in [1.165, 1.54) is 55.6 Å². The van der Waals surface area contributed by atoms with Gasteiger partial charge in [0, 0.05) is 26.9 Å². The summed E-state index contributed by atoms with van der Waals surface area (Å²) in [6, 6.07) is 9.43. The van der Waals surface area contributed by atoms with E-state index >= 15 is 0 Å². The summed E-state index contributed by atoms with van der Waals surface area (Å²) >= 11 is 0. The Kier molecular flexibility index (Phi) is 7.46. The molecule has 1 atom stereocenters. The van der Waals surface area contributed by atoms with E-state index in [1.54, 1.807) is 12.1 Å². The molecular weight excluding hydrogens is 433 g/mol. The highest BCUT2D eigenvalue weighted by atomic mass is 19.1. The molecule has 11 heteroatoms. The first-order valence-electron chi connectivity index (χ1n) is 9.81. The summed E-state index contributed by atoms with van der Waals surface area (Å²) in [5.41, 5.74) is 0.293. The van der Waals surface area contributed by atoms with Crippen LogP contribution in [-0.2, 0) is 11.3 Å². The largest absolute Gasteiger partial charge is 0.501 e. The zero-order chi connectivity index (χ0) is 24.0. The number of nitrogens with zero attached hydrogens (tertiary/aromatic N) is 4. The van der Waals surface area contributed by atoms with Crippen molar-refractivity contribution in [1.82, 2.24) is 25.2 Å². The van der Waals surface area contributed by atoms with Crippen LogP contribution in [0.1, 0.15) is 38.4 Å². The molecule has 3 aromatic rings. The molecule has 0 saturated carbocycles. The van der Waals surface area contributed by atoms with Crippen LogP contribution < -0.4 is 5.32 Å². The predicted octanol–water partition coefficient (Wildman–Crippen LogP) is 1.81. The van der Waals surface area contributed by atoms with Crippen LogP contribution in [0, 0.1) is 5.82 Å². The van der Waals surface area contributed by atoms with E-state index < -0.39 is 41.0 Å². The SMILES string of the molecule is COCC(c1nc(O)c(O)c(C(=O)NCc2ccc(F)cc2)n1)N(C)C(=O)c1ccccn1. The number of methoxy groups -OCH3 is 1. The highest BCUT2D eigenvalue weighted by Gasteiger charge is 2.29. The number of carbonyl (C=O) groups excluding carboxylic acids is 2. The molecule has 0 spiro atoms. The molecule has 0 saturated heterocycles. The molecule has 33 heavy (non-hydrogen) atoms. The van der Waals surface area contributed by atoms with Crippen LogP contribution in [0.15, 0.2) is 48.7 Å². The van der Waals surface area contributed by atoms with Crippen LogP contribution in [0.4, 0.5) is 4.39 Å². The number of ether oxygens (including phenoxy) is 1. The van der Waals surface area contributed by atoms with Crippen molar-refractivity contribution in [1.29, 1.82) is 0 Å². The van der Waals surface area contributed by atoms with Crippen molar-refractivity contribution < 1.29 is 28.9 Å². The van der Waals surface area contributed by atoms with Crippen molar-refractivity contribution in [3.63, 3.8) is 0 Å². The summed E-state index contributed by atoms with van der Waals surface area (Å²) in [7, 11) is 2.88. The molecule has 3 N–H and O–H groups in total. The van der Waals surface area contributed by atoms with Gasteiger partial charge in [-0.25, -0.2) is 9.37 Å². The highest BCUT2D eigenvalue weighted by Crippen LogP contribution is 2.29. The summed E-state index contributed by atoms with van der Waals surface area (Å²) in [6.45, 7) is -0.0336. The number of carbonyl (C=O) groups is 2. The van der Waals surface area contributed by atoms with E-state index in [1.807, 2.05) is 0 Å². The highest BCUT2D eigenvalue weighted by molar-refractivity contribution is 5.95. The zero-order valence-corrected chi connectivity index (χ0v) is 17.9. The van der Waals surface area contributed by atoms with Gasteiger partial charge in [0.05, 0.1) is 6.61 Å². The Hall–Kier alpha value is -4.12. The molecule has 2 aromatic heterocycles. The fourth-order valence-corrected chi connectivity index (χ4v) is 2.96. The minimum atomic E-state index is -0.903. The normalized spacial score (nSPS) is 11.6. The minimum absolute atomic E-state index is 0.0260. The maximum absolute atomic E-state index is 13.1. The Morgan fingerprint density at radius 3 is 2.52 bits per heavy atom. The van der Waals surface area contributed by atoms with Crippen LogP contribution >= 0.6 is 0 Å². The van der Waals surface area contributed by atoms with Crippen LogP contribution in [0.2, 0.25) is 0 Å². The first kappa shape index (κ1) is 23.5. The lowest BCUT2D eigenvalue weighted by Crippen LogP contribution is -2.36. The number of nitrogens with one attached hydrogen (secondary N) is 1. The Labute approximate surface area is 188 Å². The fourth-order valence-electron chi connectivity index (χ4n) is 2.96. The van der Waals surface area contributed by atoms with Gasteiger partial charge in [0.2, 0.25) is 5.75 Å². The molecule has 0 aliphatic rings. The summed E-state index contributed by atoms with van der Waals surface area (Å²) in [5, 5.41) is 22.8.